The third kappa shape index (κ3) is 2.18. The summed E-state index contributed by atoms with van der Waals surface area (Å²) in [6.45, 7) is 8.93. The van der Waals surface area contributed by atoms with Gasteiger partial charge in [0, 0.05) is 0 Å². The zero-order valence-corrected chi connectivity index (χ0v) is 14.5. The summed E-state index contributed by atoms with van der Waals surface area (Å²) in [7, 11) is 0. The molecular weight excluding hydrogens is 272 g/mol. The zero-order chi connectivity index (χ0) is 16.1. The van der Waals surface area contributed by atoms with Crippen LogP contribution in [0, 0.1) is 28.6 Å². The summed E-state index contributed by atoms with van der Waals surface area (Å²) in [5.41, 5.74) is 2.69. The molecule has 3 aliphatic rings. The fourth-order valence-electron chi connectivity index (χ4n) is 5.60. The van der Waals surface area contributed by atoms with Crippen molar-refractivity contribution in [1.29, 1.82) is 0 Å². The Morgan fingerprint density at radius 1 is 1.32 bits per heavy atom. The Bertz CT molecular complexity index is 542. The molecule has 0 aromatic rings. The van der Waals surface area contributed by atoms with Gasteiger partial charge in [0.05, 0.1) is 5.41 Å². The van der Waals surface area contributed by atoms with Gasteiger partial charge in [0.2, 0.25) is 0 Å². The number of carbonyl (C=O) groups is 1. The van der Waals surface area contributed by atoms with Crippen LogP contribution in [0.4, 0.5) is 0 Å². The van der Waals surface area contributed by atoms with Crippen LogP contribution in [0.1, 0.15) is 66.2 Å². The second kappa shape index (κ2) is 5.25. The van der Waals surface area contributed by atoms with Crippen LogP contribution in [0.25, 0.3) is 0 Å². The van der Waals surface area contributed by atoms with Gasteiger partial charge in [-0.3, -0.25) is 4.79 Å². The SMILES string of the molecule is CC(C)C1=CC2=CCC3[C@](C)(CCC[C@@]3(C)C(=O)O)C2CC1. The monoisotopic (exact) mass is 302 g/mol. The van der Waals surface area contributed by atoms with Crippen molar-refractivity contribution >= 4 is 5.97 Å². The van der Waals surface area contributed by atoms with Crippen LogP contribution in [0.15, 0.2) is 23.3 Å². The summed E-state index contributed by atoms with van der Waals surface area (Å²) >= 11 is 0. The number of aliphatic carboxylic acids is 1. The van der Waals surface area contributed by atoms with E-state index in [1.54, 1.807) is 5.57 Å². The zero-order valence-electron chi connectivity index (χ0n) is 14.5. The Balaban J connectivity index is 2.00. The van der Waals surface area contributed by atoms with Crippen molar-refractivity contribution in [3.63, 3.8) is 0 Å². The highest BCUT2D eigenvalue weighted by Crippen LogP contribution is 2.62. The normalized spacial score (nSPS) is 41.3. The van der Waals surface area contributed by atoms with E-state index in [-0.39, 0.29) is 11.3 Å². The Morgan fingerprint density at radius 2 is 2.05 bits per heavy atom. The molecule has 0 amide bonds. The maximum atomic E-state index is 11.9. The molecule has 2 nitrogen and oxygen atoms in total. The number of carboxylic acid groups (broad SMARTS) is 1. The van der Waals surface area contributed by atoms with Crippen LogP contribution in [0.2, 0.25) is 0 Å². The Morgan fingerprint density at radius 3 is 2.68 bits per heavy atom. The van der Waals surface area contributed by atoms with Gasteiger partial charge in [-0.25, -0.2) is 0 Å². The summed E-state index contributed by atoms with van der Waals surface area (Å²) in [6, 6.07) is 0. The molecule has 3 rings (SSSR count). The van der Waals surface area contributed by atoms with Crippen LogP contribution >= 0.6 is 0 Å². The fraction of sp³-hybridized carbons (Fsp3) is 0.750. The lowest BCUT2D eigenvalue weighted by molar-refractivity contribution is -0.162. The molecule has 0 bridgehead atoms. The smallest absolute Gasteiger partial charge is 0.309 e. The first-order chi connectivity index (χ1) is 10.3. The summed E-state index contributed by atoms with van der Waals surface area (Å²) in [5, 5.41) is 9.83. The number of hydrogen-bond acceptors (Lipinski definition) is 1. The first kappa shape index (κ1) is 15.8. The van der Waals surface area contributed by atoms with E-state index in [2.05, 4.69) is 32.9 Å². The van der Waals surface area contributed by atoms with E-state index in [1.807, 2.05) is 6.92 Å². The molecule has 0 saturated heterocycles. The van der Waals surface area contributed by atoms with E-state index in [1.165, 1.54) is 24.8 Å². The van der Waals surface area contributed by atoms with Crippen molar-refractivity contribution < 1.29 is 9.90 Å². The first-order valence-corrected chi connectivity index (χ1v) is 8.93. The second-order valence-electron chi connectivity index (χ2n) is 8.54. The summed E-state index contributed by atoms with van der Waals surface area (Å²) in [5.74, 6) is 0.888. The molecule has 2 unspecified atom stereocenters. The highest BCUT2D eigenvalue weighted by Gasteiger charge is 2.57. The van der Waals surface area contributed by atoms with Gasteiger partial charge in [0.25, 0.3) is 0 Å². The predicted octanol–water partition coefficient (Wildman–Crippen LogP) is 5.21. The molecule has 2 heteroatoms. The van der Waals surface area contributed by atoms with E-state index in [4.69, 9.17) is 0 Å². The quantitative estimate of drug-likeness (QED) is 0.760. The van der Waals surface area contributed by atoms with Crippen LogP contribution in [-0.2, 0) is 4.79 Å². The maximum Gasteiger partial charge on any atom is 0.309 e. The molecule has 4 atom stereocenters. The molecule has 0 aliphatic heterocycles. The summed E-state index contributed by atoms with van der Waals surface area (Å²) in [4.78, 5) is 11.9. The fourth-order valence-corrected chi connectivity index (χ4v) is 5.60. The number of carboxylic acids is 1. The molecule has 122 valence electrons. The van der Waals surface area contributed by atoms with Gasteiger partial charge in [-0.1, -0.05) is 44.9 Å². The average Bonchev–Trinajstić information content (AvgIpc) is 2.46. The summed E-state index contributed by atoms with van der Waals surface area (Å²) in [6.07, 6.45) is 11.2. The van der Waals surface area contributed by atoms with E-state index < -0.39 is 11.4 Å². The third-order valence-electron chi connectivity index (χ3n) is 7.07. The highest BCUT2D eigenvalue weighted by atomic mass is 16.4. The predicted molar refractivity (Wildman–Crippen MR) is 89.5 cm³/mol. The average molecular weight is 302 g/mol. The molecule has 0 aromatic heterocycles. The van der Waals surface area contributed by atoms with Crippen LogP contribution in [-0.4, -0.2) is 11.1 Å². The number of fused-ring (bicyclic) bond motifs is 3. The minimum Gasteiger partial charge on any atom is -0.481 e. The molecule has 0 radical (unpaired) electrons. The van der Waals surface area contributed by atoms with Crippen molar-refractivity contribution in [2.45, 2.75) is 66.2 Å². The van der Waals surface area contributed by atoms with Gasteiger partial charge in [0.1, 0.15) is 0 Å². The summed E-state index contributed by atoms with van der Waals surface area (Å²) < 4.78 is 0. The van der Waals surface area contributed by atoms with Crippen molar-refractivity contribution in [3.05, 3.63) is 23.3 Å². The number of hydrogen-bond donors (Lipinski definition) is 1. The Kier molecular flexibility index (Phi) is 3.78. The number of allylic oxidation sites excluding steroid dienone is 4. The molecule has 0 heterocycles. The van der Waals surface area contributed by atoms with Crippen LogP contribution < -0.4 is 0 Å². The lowest BCUT2D eigenvalue weighted by atomic mass is 9.47. The van der Waals surface area contributed by atoms with Gasteiger partial charge in [-0.15, -0.1) is 0 Å². The molecular formula is C20H30O2. The van der Waals surface area contributed by atoms with Crippen molar-refractivity contribution in [2.24, 2.45) is 28.6 Å². The van der Waals surface area contributed by atoms with Crippen molar-refractivity contribution in [1.82, 2.24) is 0 Å². The largest absolute Gasteiger partial charge is 0.481 e. The maximum absolute atomic E-state index is 11.9. The molecule has 0 spiro atoms. The van der Waals surface area contributed by atoms with Gasteiger partial charge in [-0.05, 0) is 67.8 Å². The Labute approximate surface area is 134 Å². The third-order valence-corrected chi connectivity index (χ3v) is 7.07. The minimum atomic E-state index is -0.588. The number of rotatable bonds is 2. The first-order valence-electron chi connectivity index (χ1n) is 8.93. The van der Waals surface area contributed by atoms with Crippen molar-refractivity contribution in [2.75, 3.05) is 0 Å². The molecule has 3 aliphatic carbocycles. The molecule has 1 fully saturated rings. The van der Waals surface area contributed by atoms with E-state index >= 15 is 0 Å². The Hall–Kier alpha value is -1.05. The second-order valence-corrected chi connectivity index (χ2v) is 8.54. The van der Waals surface area contributed by atoms with E-state index in [9.17, 15) is 9.90 Å². The van der Waals surface area contributed by atoms with E-state index in [0.29, 0.717) is 11.8 Å². The van der Waals surface area contributed by atoms with Gasteiger partial charge >= 0.3 is 5.97 Å². The highest BCUT2D eigenvalue weighted by molar-refractivity contribution is 5.75. The molecule has 1 N–H and O–H groups in total. The lowest BCUT2D eigenvalue weighted by Crippen LogP contribution is -2.53. The standard InChI is InChI=1S/C20H30O2/c1-13(2)14-6-8-16-15(12-14)7-9-17-19(16,3)10-5-11-20(17,4)18(21)22/h7,12-13,16-17H,5-6,8-11H2,1-4H3,(H,21,22)/t16?,17?,19-,20-/m1/s1. The molecule has 22 heavy (non-hydrogen) atoms. The lowest BCUT2D eigenvalue weighted by Gasteiger charge is -2.57. The molecule has 0 aromatic carbocycles. The van der Waals surface area contributed by atoms with Gasteiger partial charge in [0.15, 0.2) is 0 Å². The molecule has 1 saturated carbocycles. The van der Waals surface area contributed by atoms with Crippen LogP contribution in [0.5, 0.6) is 0 Å². The topological polar surface area (TPSA) is 37.3 Å². The van der Waals surface area contributed by atoms with E-state index in [0.717, 1.165) is 19.3 Å². The van der Waals surface area contributed by atoms with Crippen molar-refractivity contribution in [3.8, 4) is 0 Å². The minimum absolute atomic E-state index is 0.161. The van der Waals surface area contributed by atoms with Gasteiger partial charge < -0.3 is 5.11 Å². The van der Waals surface area contributed by atoms with Gasteiger partial charge in [-0.2, -0.15) is 0 Å². The van der Waals surface area contributed by atoms with Crippen LogP contribution in [0.3, 0.4) is 0 Å².